The van der Waals surface area contributed by atoms with Crippen molar-refractivity contribution >= 4 is 51.3 Å². The van der Waals surface area contributed by atoms with Crippen LogP contribution in [-0.4, -0.2) is 4.98 Å². The molecule has 0 unspecified atom stereocenters. The molecule has 0 amide bonds. The zero-order valence-electron chi connectivity index (χ0n) is 10.6. The van der Waals surface area contributed by atoms with Gasteiger partial charge in [-0.25, -0.2) is 0 Å². The number of halogens is 3. The van der Waals surface area contributed by atoms with Crippen LogP contribution in [0.25, 0.3) is 10.8 Å². The standard InChI is InChI=1S/C15H9Cl3N2O/c16-10-5-12(18)15(6-11(10)17)21-14-2-1-13(19)9-7-20-4-3-8(9)14/h1-7H,19H2. The molecule has 0 saturated heterocycles. The van der Waals surface area contributed by atoms with E-state index in [-0.39, 0.29) is 0 Å². The summed E-state index contributed by atoms with van der Waals surface area (Å²) in [5, 5.41) is 2.78. The molecule has 0 saturated carbocycles. The molecule has 1 heterocycles. The summed E-state index contributed by atoms with van der Waals surface area (Å²) in [5.74, 6) is 1.04. The smallest absolute Gasteiger partial charge is 0.147 e. The molecule has 1 aromatic heterocycles. The first-order chi connectivity index (χ1) is 10.1. The minimum Gasteiger partial charge on any atom is -0.455 e. The Morgan fingerprint density at radius 2 is 1.62 bits per heavy atom. The Kier molecular flexibility index (Phi) is 3.81. The summed E-state index contributed by atoms with van der Waals surface area (Å²) in [5.41, 5.74) is 6.56. The third-order valence-corrected chi connectivity index (χ3v) is 4.02. The van der Waals surface area contributed by atoms with E-state index in [0.29, 0.717) is 32.3 Å². The molecule has 0 spiro atoms. The average molecular weight is 340 g/mol. The van der Waals surface area contributed by atoms with Crippen LogP contribution in [0.5, 0.6) is 11.5 Å². The van der Waals surface area contributed by atoms with E-state index < -0.39 is 0 Å². The van der Waals surface area contributed by atoms with Gasteiger partial charge < -0.3 is 10.5 Å². The van der Waals surface area contributed by atoms with Crippen LogP contribution in [0, 0.1) is 0 Å². The Labute approximate surface area is 136 Å². The highest BCUT2D eigenvalue weighted by Crippen LogP contribution is 2.39. The second-order valence-electron chi connectivity index (χ2n) is 4.37. The molecular formula is C15H9Cl3N2O. The van der Waals surface area contributed by atoms with E-state index in [1.807, 2.05) is 6.07 Å². The van der Waals surface area contributed by atoms with Crippen molar-refractivity contribution in [2.75, 3.05) is 5.73 Å². The summed E-state index contributed by atoms with van der Waals surface area (Å²) in [6.45, 7) is 0. The summed E-state index contributed by atoms with van der Waals surface area (Å²) < 4.78 is 5.85. The van der Waals surface area contributed by atoms with Gasteiger partial charge in [0, 0.05) is 34.9 Å². The number of benzene rings is 2. The number of fused-ring (bicyclic) bond motifs is 1. The van der Waals surface area contributed by atoms with Gasteiger partial charge in [-0.15, -0.1) is 0 Å². The third kappa shape index (κ3) is 2.72. The van der Waals surface area contributed by atoms with Gasteiger partial charge in [-0.05, 0) is 24.3 Å². The fourth-order valence-electron chi connectivity index (χ4n) is 1.97. The SMILES string of the molecule is Nc1ccc(Oc2cc(Cl)c(Cl)cc2Cl)c2ccncc12. The van der Waals surface area contributed by atoms with Crippen LogP contribution in [0.1, 0.15) is 0 Å². The number of pyridine rings is 1. The van der Waals surface area contributed by atoms with Gasteiger partial charge in [-0.3, -0.25) is 4.98 Å². The summed E-state index contributed by atoms with van der Waals surface area (Å²) in [4.78, 5) is 4.06. The van der Waals surface area contributed by atoms with Gasteiger partial charge in [0.25, 0.3) is 0 Å². The summed E-state index contributed by atoms with van der Waals surface area (Å²) in [6, 6.07) is 8.48. The van der Waals surface area contributed by atoms with Gasteiger partial charge in [0.05, 0.1) is 15.1 Å². The number of ether oxygens (including phenoxy) is 1. The van der Waals surface area contributed by atoms with Gasteiger partial charge in [-0.2, -0.15) is 0 Å². The maximum atomic E-state index is 6.13. The molecule has 0 atom stereocenters. The second kappa shape index (κ2) is 5.60. The first kappa shape index (κ1) is 14.3. The van der Waals surface area contributed by atoms with Crippen molar-refractivity contribution in [3.05, 3.63) is 57.8 Å². The zero-order valence-corrected chi connectivity index (χ0v) is 12.9. The van der Waals surface area contributed by atoms with Crippen LogP contribution in [0.3, 0.4) is 0 Å². The lowest BCUT2D eigenvalue weighted by atomic mass is 10.1. The quantitative estimate of drug-likeness (QED) is 0.490. The van der Waals surface area contributed by atoms with Gasteiger partial charge in [0.2, 0.25) is 0 Å². The van der Waals surface area contributed by atoms with Gasteiger partial charge >= 0.3 is 0 Å². The largest absolute Gasteiger partial charge is 0.455 e. The van der Waals surface area contributed by atoms with Crippen LogP contribution >= 0.6 is 34.8 Å². The van der Waals surface area contributed by atoms with E-state index in [1.54, 1.807) is 36.7 Å². The maximum Gasteiger partial charge on any atom is 0.147 e. The number of nitrogens with zero attached hydrogens (tertiary/aromatic N) is 1. The highest BCUT2D eigenvalue weighted by atomic mass is 35.5. The first-order valence-electron chi connectivity index (χ1n) is 6.01. The van der Waals surface area contributed by atoms with Crippen LogP contribution in [-0.2, 0) is 0 Å². The summed E-state index contributed by atoms with van der Waals surface area (Å²) in [7, 11) is 0. The Hall–Kier alpha value is -1.68. The predicted octanol–water partition coefficient (Wildman–Crippen LogP) is 5.57. The van der Waals surface area contributed by atoms with Crippen LogP contribution in [0.4, 0.5) is 5.69 Å². The fourth-order valence-corrected chi connectivity index (χ4v) is 2.55. The molecule has 0 bridgehead atoms. The fraction of sp³-hybridized carbons (Fsp3) is 0. The molecule has 21 heavy (non-hydrogen) atoms. The molecule has 2 aromatic carbocycles. The first-order valence-corrected chi connectivity index (χ1v) is 7.14. The predicted molar refractivity (Wildman–Crippen MR) is 87.7 cm³/mol. The van der Waals surface area contributed by atoms with Gasteiger partial charge in [0.1, 0.15) is 11.5 Å². The number of nitrogens with two attached hydrogens (primary N) is 1. The summed E-state index contributed by atoms with van der Waals surface area (Å²) in [6.07, 6.45) is 3.36. The molecule has 0 aliphatic rings. The molecule has 0 aliphatic carbocycles. The topological polar surface area (TPSA) is 48.1 Å². The Bertz CT molecular complexity index is 837. The van der Waals surface area contributed by atoms with E-state index >= 15 is 0 Å². The zero-order chi connectivity index (χ0) is 15.0. The number of rotatable bonds is 2. The van der Waals surface area contributed by atoms with Crippen molar-refractivity contribution < 1.29 is 4.74 Å². The van der Waals surface area contributed by atoms with Crippen LogP contribution in [0.15, 0.2) is 42.7 Å². The monoisotopic (exact) mass is 338 g/mol. The molecule has 106 valence electrons. The van der Waals surface area contributed by atoms with Gasteiger partial charge in [0.15, 0.2) is 0 Å². The number of hydrogen-bond donors (Lipinski definition) is 1. The number of hydrogen-bond acceptors (Lipinski definition) is 3. The third-order valence-electron chi connectivity index (χ3n) is 3.01. The van der Waals surface area contributed by atoms with E-state index in [4.69, 9.17) is 45.3 Å². The molecule has 0 fully saturated rings. The number of anilines is 1. The molecule has 2 N–H and O–H groups in total. The Morgan fingerprint density at radius 3 is 2.43 bits per heavy atom. The number of nitrogen functional groups attached to an aromatic ring is 1. The van der Waals surface area contributed by atoms with E-state index in [9.17, 15) is 0 Å². The van der Waals surface area contributed by atoms with Crippen molar-refractivity contribution in [2.24, 2.45) is 0 Å². The van der Waals surface area contributed by atoms with Crippen LogP contribution in [0.2, 0.25) is 15.1 Å². The minimum atomic E-state index is 0.373. The molecule has 6 heteroatoms. The van der Waals surface area contributed by atoms with Crippen molar-refractivity contribution in [2.45, 2.75) is 0 Å². The van der Waals surface area contributed by atoms with E-state index in [1.165, 1.54) is 0 Å². The van der Waals surface area contributed by atoms with Crippen molar-refractivity contribution in [1.82, 2.24) is 4.98 Å². The highest BCUT2D eigenvalue weighted by molar-refractivity contribution is 6.43. The van der Waals surface area contributed by atoms with E-state index in [2.05, 4.69) is 4.98 Å². The van der Waals surface area contributed by atoms with Gasteiger partial charge in [-0.1, -0.05) is 34.8 Å². The van der Waals surface area contributed by atoms with E-state index in [0.717, 1.165) is 10.8 Å². The van der Waals surface area contributed by atoms with Crippen molar-refractivity contribution in [1.29, 1.82) is 0 Å². The van der Waals surface area contributed by atoms with Crippen LogP contribution < -0.4 is 10.5 Å². The molecule has 0 radical (unpaired) electrons. The minimum absolute atomic E-state index is 0.373. The van der Waals surface area contributed by atoms with Crippen molar-refractivity contribution in [3.8, 4) is 11.5 Å². The Balaban J connectivity index is 2.11. The second-order valence-corrected chi connectivity index (χ2v) is 5.59. The number of aromatic nitrogens is 1. The maximum absolute atomic E-state index is 6.13. The Morgan fingerprint density at radius 1 is 0.857 bits per heavy atom. The lowest BCUT2D eigenvalue weighted by Crippen LogP contribution is -1.92. The molecule has 3 aromatic rings. The molecule has 3 nitrogen and oxygen atoms in total. The summed E-state index contributed by atoms with van der Waals surface area (Å²) >= 11 is 18.0. The normalized spacial score (nSPS) is 10.8. The lowest BCUT2D eigenvalue weighted by Gasteiger charge is -2.12. The molecule has 0 aliphatic heterocycles. The molecule has 3 rings (SSSR count). The average Bonchev–Trinajstić information content (AvgIpc) is 2.48. The highest BCUT2D eigenvalue weighted by Gasteiger charge is 2.11. The van der Waals surface area contributed by atoms with Crippen molar-refractivity contribution in [3.63, 3.8) is 0 Å². The lowest BCUT2D eigenvalue weighted by molar-refractivity contribution is 0.488. The molecular weight excluding hydrogens is 331 g/mol.